The van der Waals surface area contributed by atoms with Crippen molar-refractivity contribution >= 4 is 43.6 Å². The molecule has 1 unspecified atom stereocenters. The Labute approximate surface area is 147 Å². The third kappa shape index (κ3) is 3.72. The maximum atomic E-state index is 14.0. The van der Waals surface area contributed by atoms with Crippen LogP contribution >= 0.6 is 27.7 Å². The van der Waals surface area contributed by atoms with E-state index in [2.05, 4.69) is 21.2 Å². The minimum atomic E-state index is -4.06. The zero-order chi connectivity index (χ0) is 16.6. The summed E-state index contributed by atoms with van der Waals surface area (Å²) in [5.41, 5.74) is 0. The van der Waals surface area contributed by atoms with Crippen molar-refractivity contribution in [1.29, 1.82) is 0 Å². The summed E-state index contributed by atoms with van der Waals surface area (Å²) in [6.45, 7) is 0.582. The van der Waals surface area contributed by atoms with Gasteiger partial charge in [0.15, 0.2) is 0 Å². The zero-order valence-corrected chi connectivity index (χ0v) is 15.4. The molecule has 5 nitrogen and oxygen atoms in total. The molecule has 0 radical (unpaired) electrons. The molecular weight excluding hydrogens is 407 g/mol. The highest BCUT2D eigenvalue weighted by atomic mass is 79.9. The topological polar surface area (TPSA) is 66.5 Å². The first-order valence-corrected chi connectivity index (χ1v) is 10.6. The van der Waals surface area contributed by atoms with Crippen LogP contribution in [-0.2, 0) is 14.8 Å². The second-order valence-corrected chi connectivity index (χ2v) is 9.45. The van der Waals surface area contributed by atoms with Crippen molar-refractivity contribution in [3.63, 3.8) is 0 Å². The molecule has 1 amide bonds. The summed E-state index contributed by atoms with van der Waals surface area (Å²) in [4.78, 5) is 11.9. The van der Waals surface area contributed by atoms with Crippen LogP contribution in [0.4, 0.5) is 4.39 Å². The van der Waals surface area contributed by atoms with Gasteiger partial charge in [0, 0.05) is 16.8 Å². The van der Waals surface area contributed by atoms with Gasteiger partial charge in [-0.15, -0.1) is 11.8 Å². The predicted octanol–water partition coefficient (Wildman–Crippen LogP) is 2.18. The fourth-order valence-corrected chi connectivity index (χ4v) is 6.11. The molecule has 1 N–H and O–H groups in total. The van der Waals surface area contributed by atoms with E-state index in [9.17, 15) is 17.6 Å². The predicted molar refractivity (Wildman–Crippen MR) is 90.0 cm³/mol. The fourth-order valence-electron chi connectivity index (χ4n) is 2.36. The Kier molecular flexibility index (Phi) is 5.01. The lowest BCUT2D eigenvalue weighted by atomic mass is 10.3. The van der Waals surface area contributed by atoms with Gasteiger partial charge in [-0.25, -0.2) is 12.8 Å². The standard InChI is InChI=1S/C14H16BrFN2O3S2/c15-10-3-4-11(16)13(5-10)23(20,21)18-8-22-7-12(18)14(19)17-6-9-1-2-9/h3-5,9,12H,1-2,6-8H2,(H,17,19). The summed E-state index contributed by atoms with van der Waals surface area (Å²) in [6.07, 6.45) is 2.20. The van der Waals surface area contributed by atoms with Gasteiger partial charge in [-0.05, 0) is 37.0 Å². The van der Waals surface area contributed by atoms with Gasteiger partial charge in [0.05, 0.1) is 5.88 Å². The second kappa shape index (κ2) is 6.70. The minimum Gasteiger partial charge on any atom is -0.354 e. The van der Waals surface area contributed by atoms with Gasteiger partial charge in [0.1, 0.15) is 16.8 Å². The Morgan fingerprint density at radius 1 is 1.43 bits per heavy atom. The Bertz CT molecular complexity index is 725. The smallest absolute Gasteiger partial charge is 0.247 e. The summed E-state index contributed by atoms with van der Waals surface area (Å²) in [6, 6.07) is 2.98. The van der Waals surface area contributed by atoms with E-state index >= 15 is 0 Å². The largest absolute Gasteiger partial charge is 0.354 e. The van der Waals surface area contributed by atoms with Crippen molar-refractivity contribution in [2.24, 2.45) is 5.92 Å². The van der Waals surface area contributed by atoms with E-state index in [0.717, 1.165) is 23.2 Å². The number of carbonyl (C=O) groups excluding carboxylic acids is 1. The van der Waals surface area contributed by atoms with Crippen LogP contribution in [0.5, 0.6) is 0 Å². The number of halogens is 2. The second-order valence-electron chi connectivity index (χ2n) is 5.67. The number of nitrogens with zero attached hydrogens (tertiary/aromatic N) is 1. The highest BCUT2D eigenvalue weighted by Gasteiger charge is 2.41. The van der Waals surface area contributed by atoms with Crippen LogP contribution in [0.3, 0.4) is 0 Å². The number of benzene rings is 1. The maximum absolute atomic E-state index is 14.0. The van der Waals surface area contributed by atoms with E-state index in [-0.39, 0.29) is 11.8 Å². The van der Waals surface area contributed by atoms with Gasteiger partial charge < -0.3 is 5.32 Å². The van der Waals surface area contributed by atoms with Gasteiger partial charge in [-0.1, -0.05) is 15.9 Å². The number of thioether (sulfide) groups is 1. The average Bonchev–Trinajstić information content (AvgIpc) is 3.20. The number of hydrogen-bond acceptors (Lipinski definition) is 4. The lowest BCUT2D eigenvalue weighted by Gasteiger charge is -2.23. The van der Waals surface area contributed by atoms with Crippen LogP contribution < -0.4 is 5.32 Å². The number of sulfonamides is 1. The third-order valence-electron chi connectivity index (χ3n) is 3.89. The summed E-state index contributed by atoms with van der Waals surface area (Å²) in [5, 5.41) is 2.80. The van der Waals surface area contributed by atoms with Crippen LogP contribution in [0.25, 0.3) is 0 Å². The molecule has 23 heavy (non-hydrogen) atoms. The summed E-state index contributed by atoms with van der Waals surface area (Å²) >= 11 is 4.51. The van der Waals surface area contributed by atoms with Crippen molar-refractivity contribution in [3.8, 4) is 0 Å². The van der Waals surface area contributed by atoms with E-state index < -0.39 is 26.8 Å². The van der Waals surface area contributed by atoms with Crippen LogP contribution in [0.2, 0.25) is 0 Å². The number of amides is 1. The Hall–Kier alpha value is -0.640. The first-order valence-electron chi connectivity index (χ1n) is 7.22. The van der Waals surface area contributed by atoms with Crippen molar-refractivity contribution in [3.05, 3.63) is 28.5 Å². The Morgan fingerprint density at radius 2 is 2.17 bits per heavy atom. The van der Waals surface area contributed by atoms with Gasteiger partial charge in [0.25, 0.3) is 0 Å². The van der Waals surface area contributed by atoms with E-state index in [4.69, 9.17) is 0 Å². The summed E-state index contributed by atoms with van der Waals surface area (Å²) in [5.74, 6) is -0.0788. The molecule has 0 spiro atoms. The molecule has 9 heteroatoms. The highest BCUT2D eigenvalue weighted by molar-refractivity contribution is 9.10. The zero-order valence-electron chi connectivity index (χ0n) is 12.2. The monoisotopic (exact) mass is 422 g/mol. The van der Waals surface area contributed by atoms with Gasteiger partial charge >= 0.3 is 0 Å². The molecule has 126 valence electrons. The number of hydrogen-bond donors (Lipinski definition) is 1. The van der Waals surface area contributed by atoms with E-state index in [0.29, 0.717) is 22.7 Å². The molecule has 1 atom stereocenters. The van der Waals surface area contributed by atoms with Crippen LogP contribution in [0.15, 0.2) is 27.6 Å². The molecule has 1 saturated carbocycles. The molecule has 0 bridgehead atoms. The molecule has 1 aromatic rings. The molecule has 1 aliphatic carbocycles. The van der Waals surface area contributed by atoms with Gasteiger partial charge in [0.2, 0.25) is 15.9 Å². The number of carbonyl (C=O) groups is 1. The maximum Gasteiger partial charge on any atom is 0.247 e. The lowest BCUT2D eigenvalue weighted by molar-refractivity contribution is -0.123. The minimum absolute atomic E-state index is 0.149. The molecule has 2 fully saturated rings. The molecule has 1 aliphatic heterocycles. The van der Waals surface area contributed by atoms with E-state index in [1.54, 1.807) is 0 Å². The normalized spacial score (nSPS) is 22.3. The van der Waals surface area contributed by atoms with E-state index in [1.165, 1.54) is 23.9 Å². The van der Waals surface area contributed by atoms with Crippen molar-refractivity contribution in [2.45, 2.75) is 23.8 Å². The van der Waals surface area contributed by atoms with Crippen LogP contribution in [0, 0.1) is 11.7 Å². The summed E-state index contributed by atoms with van der Waals surface area (Å²) in [7, 11) is -4.06. The molecule has 1 aromatic carbocycles. The molecule has 3 rings (SSSR count). The molecule has 0 aromatic heterocycles. The molecule has 1 saturated heterocycles. The average molecular weight is 423 g/mol. The fraction of sp³-hybridized carbons (Fsp3) is 0.500. The number of nitrogens with one attached hydrogen (secondary N) is 1. The molecule has 2 aliphatic rings. The Balaban J connectivity index is 1.82. The first kappa shape index (κ1) is 17.2. The molecule has 1 heterocycles. The van der Waals surface area contributed by atoms with Crippen LogP contribution in [-0.4, -0.2) is 42.8 Å². The van der Waals surface area contributed by atoms with Crippen molar-refractivity contribution < 1.29 is 17.6 Å². The lowest BCUT2D eigenvalue weighted by Crippen LogP contribution is -2.47. The summed E-state index contributed by atoms with van der Waals surface area (Å²) < 4.78 is 41.0. The van der Waals surface area contributed by atoms with Crippen molar-refractivity contribution in [2.75, 3.05) is 18.2 Å². The quantitative estimate of drug-likeness (QED) is 0.789. The van der Waals surface area contributed by atoms with Gasteiger partial charge in [-0.3, -0.25) is 4.79 Å². The van der Waals surface area contributed by atoms with Crippen LogP contribution in [0.1, 0.15) is 12.8 Å². The Morgan fingerprint density at radius 3 is 2.87 bits per heavy atom. The van der Waals surface area contributed by atoms with Crippen molar-refractivity contribution in [1.82, 2.24) is 9.62 Å². The van der Waals surface area contributed by atoms with E-state index in [1.807, 2.05) is 0 Å². The van der Waals surface area contributed by atoms with Gasteiger partial charge in [-0.2, -0.15) is 4.31 Å². The number of rotatable bonds is 5. The molecular formula is C14H16BrFN2O3S2. The highest BCUT2D eigenvalue weighted by Crippen LogP contribution is 2.31. The first-order chi connectivity index (χ1) is 10.9. The third-order valence-corrected chi connectivity index (χ3v) is 7.42. The SMILES string of the molecule is O=C(NCC1CC1)C1CSCN1S(=O)(=O)c1cc(Br)ccc1F.